The van der Waals surface area contributed by atoms with E-state index in [1.165, 1.54) is 0 Å². The number of benzene rings is 1. The van der Waals surface area contributed by atoms with Crippen molar-refractivity contribution in [3.8, 4) is 5.75 Å². The summed E-state index contributed by atoms with van der Waals surface area (Å²) in [5, 5.41) is 17.7. The summed E-state index contributed by atoms with van der Waals surface area (Å²) >= 11 is 0. The van der Waals surface area contributed by atoms with Crippen molar-refractivity contribution in [3.05, 3.63) is 29.3 Å². The fraction of sp³-hybridized carbons (Fsp3) is 0.364. The first-order valence-corrected chi connectivity index (χ1v) is 4.66. The summed E-state index contributed by atoms with van der Waals surface area (Å²) in [4.78, 5) is 10.4. The molecule has 2 N–H and O–H groups in total. The molecule has 0 spiro atoms. The zero-order chi connectivity index (χ0) is 11.3. The molecule has 0 atom stereocenters. The lowest BCUT2D eigenvalue weighted by molar-refractivity contribution is -0.136. The van der Waals surface area contributed by atoms with Gasteiger partial charge in [-0.15, -0.1) is 0 Å². The summed E-state index contributed by atoms with van der Waals surface area (Å²) in [6, 6.07) is 5.26. The van der Waals surface area contributed by atoms with E-state index in [2.05, 4.69) is 0 Å². The van der Waals surface area contributed by atoms with Crippen molar-refractivity contribution in [2.24, 2.45) is 0 Å². The topological polar surface area (TPSA) is 66.8 Å². The lowest BCUT2D eigenvalue weighted by Gasteiger charge is -2.08. The van der Waals surface area contributed by atoms with Gasteiger partial charge in [0, 0.05) is 6.42 Å². The van der Waals surface area contributed by atoms with Crippen molar-refractivity contribution in [1.29, 1.82) is 0 Å². The van der Waals surface area contributed by atoms with Gasteiger partial charge in [-0.2, -0.15) is 0 Å². The van der Waals surface area contributed by atoms with Crippen LogP contribution in [0.5, 0.6) is 5.75 Å². The molecule has 0 amide bonds. The van der Waals surface area contributed by atoms with E-state index in [-0.39, 0.29) is 13.0 Å². The number of ether oxygens (including phenoxy) is 1. The van der Waals surface area contributed by atoms with E-state index < -0.39 is 5.97 Å². The molecular weight excluding hydrogens is 196 g/mol. The zero-order valence-corrected chi connectivity index (χ0v) is 8.56. The Kier molecular flexibility index (Phi) is 4.12. The molecule has 0 aliphatic carbocycles. The molecule has 0 fully saturated rings. The standard InChI is InChI=1S/C11H14O4/c1-15-10-4-2-8(3-5-11(13)14)9(6-10)7-12/h2,4,6,12H,3,5,7H2,1H3,(H,13,14). The number of rotatable bonds is 5. The first-order chi connectivity index (χ1) is 7.17. The predicted octanol–water partition coefficient (Wildman–Crippen LogP) is 1.20. The van der Waals surface area contributed by atoms with Crippen LogP contribution in [0.1, 0.15) is 17.5 Å². The van der Waals surface area contributed by atoms with Gasteiger partial charge in [0.25, 0.3) is 0 Å². The molecule has 4 heteroatoms. The molecule has 15 heavy (non-hydrogen) atoms. The SMILES string of the molecule is COc1ccc(CCC(=O)O)c(CO)c1. The number of carbonyl (C=O) groups is 1. The minimum Gasteiger partial charge on any atom is -0.497 e. The second-order valence-electron chi connectivity index (χ2n) is 3.19. The summed E-state index contributed by atoms with van der Waals surface area (Å²) in [5.74, 6) is -0.173. The Bertz CT molecular complexity index is 346. The molecular formula is C11H14O4. The Morgan fingerprint density at radius 3 is 2.67 bits per heavy atom. The molecule has 0 unspecified atom stereocenters. The fourth-order valence-electron chi connectivity index (χ4n) is 1.36. The Hall–Kier alpha value is -1.55. The Balaban J connectivity index is 2.82. The molecule has 0 aromatic heterocycles. The highest BCUT2D eigenvalue weighted by molar-refractivity contribution is 5.67. The van der Waals surface area contributed by atoms with E-state index in [0.29, 0.717) is 12.2 Å². The third-order valence-corrected chi connectivity index (χ3v) is 2.19. The maximum absolute atomic E-state index is 10.4. The van der Waals surface area contributed by atoms with Gasteiger partial charge in [-0.05, 0) is 29.7 Å². The molecule has 1 aromatic rings. The predicted molar refractivity (Wildman–Crippen MR) is 54.9 cm³/mol. The van der Waals surface area contributed by atoms with Gasteiger partial charge in [0.05, 0.1) is 13.7 Å². The molecule has 4 nitrogen and oxygen atoms in total. The molecule has 1 rings (SSSR count). The highest BCUT2D eigenvalue weighted by atomic mass is 16.5. The smallest absolute Gasteiger partial charge is 0.303 e. The van der Waals surface area contributed by atoms with Crippen LogP contribution in [0, 0.1) is 0 Å². The molecule has 0 saturated carbocycles. The van der Waals surface area contributed by atoms with E-state index in [1.54, 1.807) is 25.3 Å². The van der Waals surface area contributed by atoms with Crippen molar-refractivity contribution in [2.75, 3.05) is 7.11 Å². The number of aliphatic hydroxyl groups is 1. The van der Waals surface area contributed by atoms with E-state index in [4.69, 9.17) is 14.9 Å². The van der Waals surface area contributed by atoms with Gasteiger partial charge in [-0.3, -0.25) is 4.79 Å². The molecule has 0 bridgehead atoms. The first kappa shape index (κ1) is 11.5. The van der Waals surface area contributed by atoms with E-state index in [1.807, 2.05) is 0 Å². The maximum atomic E-state index is 10.4. The number of aliphatic carboxylic acids is 1. The van der Waals surface area contributed by atoms with Crippen molar-refractivity contribution < 1.29 is 19.7 Å². The average Bonchev–Trinajstić information content (AvgIpc) is 2.25. The van der Waals surface area contributed by atoms with Crippen LogP contribution in [-0.4, -0.2) is 23.3 Å². The molecule has 0 aliphatic heterocycles. The Labute approximate surface area is 88.1 Å². The summed E-state index contributed by atoms with van der Waals surface area (Å²) in [6.07, 6.45) is 0.495. The number of hydrogen-bond donors (Lipinski definition) is 2. The molecule has 0 aliphatic rings. The number of carboxylic acid groups (broad SMARTS) is 1. The van der Waals surface area contributed by atoms with Gasteiger partial charge in [-0.1, -0.05) is 6.07 Å². The number of hydrogen-bond acceptors (Lipinski definition) is 3. The summed E-state index contributed by atoms with van der Waals surface area (Å²) < 4.78 is 5.01. The van der Waals surface area contributed by atoms with E-state index >= 15 is 0 Å². The monoisotopic (exact) mass is 210 g/mol. The van der Waals surface area contributed by atoms with Gasteiger partial charge in [-0.25, -0.2) is 0 Å². The third-order valence-electron chi connectivity index (χ3n) is 2.19. The van der Waals surface area contributed by atoms with Crippen LogP contribution in [0.2, 0.25) is 0 Å². The fourth-order valence-corrected chi connectivity index (χ4v) is 1.36. The second kappa shape index (κ2) is 5.36. The normalized spacial score (nSPS) is 10.0. The van der Waals surface area contributed by atoms with E-state index in [9.17, 15) is 4.79 Å². The Morgan fingerprint density at radius 1 is 1.40 bits per heavy atom. The van der Waals surface area contributed by atoms with Crippen LogP contribution >= 0.6 is 0 Å². The lowest BCUT2D eigenvalue weighted by atomic mass is 10.0. The first-order valence-electron chi connectivity index (χ1n) is 4.66. The molecule has 1 aromatic carbocycles. The van der Waals surface area contributed by atoms with Gasteiger partial charge < -0.3 is 14.9 Å². The Morgan fingerprint density at radius 2 is 2.13 bits per heavy atom. The average molecular weight is 210 g/mol. The molecule has 0 radical (unpaired) electrons. The quantitative estimate of drug-likeness (QED) is 0.766. The largest absolute Gasteiger partial charge is 0.497 e. The van der Waals surface area contributed by atoms with Crippen molar-refractivity contribution in [2.45, 2.75) is 19.4 Å². The van der Waals surface area contributed by atoms with Gasteiger partial charge in [0.1, 0.15) is 5.75 Å². The highest BCUT2D eigenvalue weighted by Crippen LogP contribution is 2.19. The van der Waals surface area contributed by atoms with Crippen LogP contribution in [0.15, 0.2) is 18.2 Å². The molecule has 82 valence electrons. The maximum Gasteiger partial charge on any atom is 0.303 e. The number of aliphatic hydroxyl groups excluding tert-OH is 1. The van der Waals surface area contributed by atoms with Crippen LogP contribution in [0.4, 0.5) is 0 Å². The zero-order valence-electron chi connectivity index (χ0n) is 8.56. The minimum atomic E-state index is -0.838. The van der Waals surface area contributed by atoms with Crippen molar-refractivity contribution in [1.82, 2.24) is 0 Å². The van der Waals surface area contributed by atoms with Crippen molar-refractivity contribution in [3.63, 3.8) is 0 Å². The van der Waals surface area contributed by atoms with Crippen LogP contribution < -0.4 is 4.74 Å². The minimum absolute atomic E-state index is 0.0688. The number of aryl methyl sites for hydroxylation is 1. The number of methoxy groups -OCH3 is 1. The summed E-state index contributed by atoms with van der Waals surface area (Å²) in [6.45, 7) is -0.105. The van der Waals surface area contributed by atoms with E-state index in [0.717, 1.165) is 11.1 Å². The van der Waals surface area contributed by atoms with Crippen molar-refractivity contribution >= 4 is 5.97 Å². The summed E-state index contributed by atoms with van der Waals surface area (Å²) in [5.41, 5.74) is 1.57. The van der Waals surface area contributed by atoms with Gasteiger partial charge in [0.2, 0.25) is 0 Å². The third kappa shape index (κ3) is 3.25. The van der Waals surface area contributed by atoms with Gasteiger partial charge in [0.15, 0.2) is 0 Å². The summed E-state index contributed by atoms with van der Waals surface area (Å²) in [7, 11) is 1.55. The molecule has 0 saturated heterocycles. The lowest BCUT2D eigenvalue weighted by Crippen LogP contribution is -2.01. The van der Waals surface area contributed by atoms with Crippen LogP contribution in [0.3, 0.4) is 0 Å². The highest BCUT2D eigenvalue weighted by Gasteiger charge is 2.05. The van der Waals surface area contributed by atoms with Gasteiger partial charge >= 0.3 is 5.97 Å². The van der Waals surface area contributed by atoms with Crippen LogP contribution in [-0.2, 0) is 17.8 Å². The van der Waals surface area contributed by atoms with Crippen LogP contribution in [0.25, 0.3) is 0 Å². The molecule has 0 heterocycles. The second-order valence-corrected chi connectivity index (χ2v) is 3.19. The number of carboxylic acids is 1.